The molecule has 2 aromatic rings. The average Bonchev–Trinajstić information content (AvgIpc) is 2.99. The maximum absolute atomic E-state index is 12.5. The first-order chi connectivity index (χ1) is 11.5. The van der Waals surface area contributed by atoms with Gasteiger partial charge in [0.2, 0.25) is 5.91 Å². The number of para-hydroxylation sites is 3. The van der Waals surface area contributed by atoms with Gasteiger partial charge in [0, 0.05) is 12.3 Å². The van der Waals surface area contributed by atoms with E-state index in [1.165, 1.54) is 0 Å². The van der Waals surface area contributed by atoms with Crippen LogP contribution in [0.1, 0.15) is 6.42 Å². The highest BCUT2D eigenvalue weighted by Gasteiger charge is 2.49. The van der Waals surface area contributed by atoms with Crippen LogP contribution >= 0.6 is 0 Å². The molecular formula is C18H17NO4S. The van der Waals surface area contributed by atoms with E-state index in [1.54, 1.807) is 11.0 Å². The Morgan fingerprint density at radius 3 is 2.46 bits per heavy atom. The van der Waals surface area contributed by atoms with E-state index in [2.05, 4.69) is 0 Å². The Morgan fingerprint density at radius 1 is 0.958 bits per heavy atom. The van der Waals surface area contributed by atoms with Crippen molar-refractivity contribution in [3.05, 3.63) is 54.6 Å². The molecule has 1 amide bonds. The van der Waals surface area contributed by atoms with Gasteiger partial charge in [-0.05, 0) is 24.3 Å². The number of rotatable bonds is 3. The second-order valence-corrected chi connectivity index (χ2v) is 8.41. The highest BCUT2D eigenvalue weighted by atomic mass is 32.2. The van der Waals surface area contributed by atoms with Crippen LogP contribution in [0.5, 0.6) is 11.5 Å². The molecule has 2 saturated heterocycles. The van der Waals surface area contributed by atoms with Crippen LogP contribution in [-0.4, -0.2) is 31.9 Å². The van der Waals surface area contributed by atoms with E-state index in [0.717, 1.165) is 0 Å². The van der Waals surface area contributed by atoms with Gasteiger partial charge in [-0.2, -0.15) is 0 Å². The fraction of sp³-hybridized carbons (Fsp3) is 0.278. The number of hydrogen-bond donors (Lipinski definition) is 0. The Bertz CT molecular complexity index is 879. The van der Waals surface area contributed by atoms with Gasteiger partial charge < -0.3 is 9.64 Å². The summed E-state index contributed by atoms with van der Waals surface area (Å²) in [5, 5.41) is 0. The van der Waals surface area contributed by atoms with Crippen LogP contribution in [0.4, 0.5) is 5.69 Å². The lowest BCUT2D eigenvalue weighted by Gasteiger charge is -2.25. The van der Waals surface area contributed by atoms with E-state index in [9.17, 15) is 13.2 Å². The quantitative estimate of drug-likeness (QED) is 0.859. The molecule has 0 aromatic heterocycles. The molecule has 2 aromatic carbocycles. The van der Waals surface area contributed by atoms with Crippen molar-refractivity contribution in [2.75, 3.05) is 16.4 Å². The summed E-state index contributed by atoms with van der Waals surface area (Å²) in [6.07, 6.45) is 0.281. The zero-order valence-corrected chi connectivity index (χ0v) is 13.8. The van der Waals surface area contributed by atoms with Crippen molar-refractivity contribution >= 4 is 21.4 Å². The van der Waals surface area contributed by atoms with Crippen LogP contribution in [0.15, 0.2) is 54.6 Å². The maximum Gasteiger partial charge on any atom is 0.227 e. The molecule has 124 valence electrons. The van der Waals surface area contributed by atoms with Crippen molar-refractivity contribution in [2.24, 2.45) is 5.92 Å². The number of carbonyl (C=O) groups excluding carboxylic acids is 1. The molecule has 4 rings (SSSR count). The molecule has 2 fully saturated rings. The summed E-state index contributed by atoms with van der Waals surface area (Å²) in [7, 11) is -3.08. The second-order valence-electron chi connectivity index (χ2n) is 6.26. The van der Waals surface area contributed by atoms with Crippen molar-refractivity contribution in [2.45, 2.75) is 12.5 Å². The summed E-state index contributed by atoms with van der Waals surface area (Å²) in [6, 6.07) is 16.3. The molecule has 5 nitrogen and oxygen atoms in total. The van der Waals surface area contributed by atoms with Gasteiger partial charge in [0.25, 0.3) is 0 Å². The lowest BCUT2D eigenvalue weighted by atomic mass is 10.0. The van der Waals surface area contributed by atoms with Crippen molar-refractivity contribution in [3.8, 4) is 11.5 Å². The first-order valence-electron chi connectivity index (χ1n) is 7.88. The molecule has 0 N–H and O–H groups in total. The summed E-state index contributed by atoms with van der Waals surface area (Å²) < 4.78 is 29.8. The third-order valence-electron chi connectivity index (χ3n) is 4.57. The molecule has 2 atom stereocenters. The summed E-state index contributed by atoms with van der Waals surface area (Å²) in [4.78, 5) is 14.1. The van der Waals surface area contributed by atoms with Crippen LogP contribution < -0.4 is 9.64 Å². The summed E-state index contributed by atoms with van der Waals surface area (Å²) in [6.45, 7) is 0. The number of anilines is 1. The van der Waals surface area contributed by atoms with E-state index < -0.39 is 9.84 Å². The number of ether oxygens (including phenoxy) is 1. The standard InChI is InChI=1S/C18H17NO4S/c20-18-10-13-11-24(21,22)12-16(13)19(18)15-8-4-5-9-17(15)23-14-6-2-1-3-7-14/h1-9,13,16H,10-12H2/t13-,16+/m1/s1. The third kappa shape index (κ3) is 2.67. The second kappa shape index (κ2) is 5.63. The first-order valence-corrected chi connectivity index (χ1v) is 9.70. The molecule has 6 heteroatoms. The van der Waals surface area contributed by atoms with Crippen LogP contribution in [0, 0.1) is 5.92 Å². The first kappa shape index (κ1) is 15.2. The van der Waals surface area contributed by atoms with Gasteiger partial charge in [0.05, 0.1) is 23.2 Å². The van der Waals surface area contributed by atoms with Gasteiger partial charge in [-0.1, -0.05) is 30.3 Å². The minimum absolute atomic E-state index is 0.0308. The predicted octanol–water partition coefficient (Wildman–Crippen LogP) is 2.63. The largest absolute Gasteiger partial charge is 0.455 e. The smallest absolute Gasteiger partial charge is 0.227 e. The van der Waals surface area contributed by atoms with Gasteiger partial charge in [-0.15, -0.1) is 0 Å². The molecule has 2 aliphatic rings. The number of benzene rings is 2. The third-order valence-corrected chi connectivity index (χ3v) is 6.36. The van der Waals surface area contributed by atoms with E-state index in [0.29, 0.717) is 17.2 Å². The Labute approximate surface area is 140 Å². The highest BCUT2D eigenvalue weighted by Crippen LogP contribution is 2.41. The fourth-order valence-corrected chi connectivity index (χ4v) is 5.63. The number of hydrogen-bond acceptors (Lipinski definition) is 4. The fourth-order valence-electron chi connectivity index (χ4n) is 3.56. The lowest BCUT2D eigenvalue weighted by Crippen LogP contribution is -2.36. The Morgan fingerprint density at radius 2 is 1.67 bits per heavy atom. The van der Waals surface area contributed by atoms with Crippen molar-refractivity contribution in [1.29, 1.82) is 0 Å². The predicted molar refractivity (Wildman–Crippen MR) is 91.0 cm³/mol. The van der Waals surface area contributed by atoms with E-state index in [1.807, 2.05) is 48.5 Å². The molecular weight excluding hydrogens is 326 g/mol. The Hall–Kier alpha value is -2.34. The van der Waals surface area contributed by atoms with E-state index >= 15 is 0 Å². The summed E-state index contributed by atoms with van der Waals surface area (Å²) in [5.41, 5.74) is 0.635. The SMILES string of the molecule is O=C1C[C@@H]2CS(=O)(=O)C[C@@H]2N1c1ccccc1Oc1ccccc1. The molecule has 2 heterocycles. The molecule has 0 saturated carbocycles. The minimum atomic E-state index is -3.08. The zero-order valence-electron chi connectivity index (χ0n) is 13.0. The van der Waals surface area contributed by atoms with Gasteiger partial charge in [0.1, 0.15) is 5.75 Å². The number of sulfone groups is 1. The number of nitrogens with zero attached hydrogens (tertiary/aromatic N) is 1. The Kier molecular flexibility index (Phi) is 3.57. The summed E-state index contributed by atoms with van der Waals surface area (Å²) in [5.74, 6) is 1.20. The van der Waals surface area contributed by atoms with Crippen LogP contribution in [0.2, 0.25) is 0 Å². The van der Waals surface area contributed by atoms with Crippen molar-refractivity contribution in [3.63, 3.8) is 0 Å². The topological polar surface area (TPSA) is 63.7 Å². The molecule has 0 spiro atoms. The Balaban J connectivity index is 1.70. The molecule has 0 bridgehead atoms. The van der Waals surface area contributed by atoms with Gasteiger partial charge in [-0.3, -0.25) is 4.79 Å². The number of fused-ring (bicyclic) bond motifs is 1. The summed E-state index contributed by atoms with van der Waals surface area (Å²) >= 11 is 0. The normalized spacial score (nSPS) is 24.8. The van der Waals surface area contributed by atoms with Crippen LogP contribution in [0.25, 0.3) is 0 Å². The van der Waals surface area contributed by atoms with Crippen molar-refractivity contribution < 1.29 is 17.9 Å². The maximum atomic E-state index is 12.5. The van der Waals surface area contributed by atoms with Gasteiger partial charge >= 0.3 is 0 Å². The van der Waals surface area contributed by atoms with E-state index in [-0.39, 0.29) is 35.8 Å². The minimum Gasteiger partial charge on any atom is -0.455 e. The number of amides is 1. The van der Waals surface area contributed by atoms with Gasteiger partial charge in [-0.25, -0.2) is 8.42 Å². The van der Waals surface area contributed by atoms with Crippen molar-refractivity contribution in [1.82, 2.24) is 0 Å². The van der Waals surface area contributed by atoms with Crippen LogP contribution in [0.3, 0.4) is 0 Å². The monoisotopic (exact) mass is 343 g/mol. The van der Waals surface area contributed by atoms with Crippen LogP contribution in [-0.2, 0) is 14.6 Å². The lowest BCUT2D eigenvalue weighted by molar-refractivity contribution is -0.117. The van der Waals surface area contributed by atoms with E-state index in [4.69, 9.17) is 4.74 Å². The molecule has 0 aliphatic carbocycles. The number of carbonyl (C=O) groups is 1. The highest BCUT2D eigenvalue weighted by molar-refractivity contribution is 7.91. The zero-order chi connectivity index (χ0) is 16.7. The molecule has 0 unspecified atom stereocenters. The molecule has 2 aliphatic heterocycles. The van der Waals surface area contributed by atoms with Gasteiger partial charge in [0.15, 0.2) is 15.6 Å². The molecule has 24 heavy (non-hydrogen) atoms. The molecule has 0 radical (unpaired) electrons. The average molecular weight is 343 g/mol.